The number of unbranched alkanes of at least 4 members (excludes halogenated alkanes) is 30. The van der Waals surface area contributed by atoms with Crippen LogP contribution < -0.4 is 5.32 Å². The molecule has 11 nitrogen and oxygen atoms in total. The maximum Gasteiger partial charge on any atom is 0.306 e. The average molecular weight is 1260 g/mol. The summed E-state index contributed by atoms with van der Waals surface area (Å²) in [6.45, 7) is 5.66. The summed E-state index contributed by atoms with van der Waals surface area (Å²) in [6.07, 6.45) is 80.8. The van der Waals surface area contributed by atoms with Gasteiger partial charge in [0.1, 0.15) is 24.4 Å². The van der Waals surface area contributed by atoms with Crippen molar-refractivity contribution < 1.29 is 49.3 Å². The molecule has 11 heteroatoms. The fourth-order valence-electron chi connectivity index (χ4n) is 10.8. The molecule has 0 bridgehead atoms. The van der Waals surface area contributed by atoms with Crippen molar-refractivity contribution in [3.8, 4) is 0 Å². The highest BCUT2D eigenvalue weighted by molar-refractivity contribution is 5.80. The Morgan fingerprint density at radius 1 is 0.444 bits per heavy atom. The molecule has 1 fully saturated rings. The molecule has 8 atom stereocenters. The molecule has 0 radical (unpaired) electrons. The van der Waals surface area contributed by atoms with Crippen molar-refractivity contribution in [2.45, 2.75) is 352 Å². The minimum atomic E-state index is -1.62. The lowest BCUT2D eigenvalue weighted by molar-refractivity contribution is -0.305. The monoisotopic (exact) mass is 1260 g/mol. The molecule has 1 saturated heterocycles. The van der Waals surface area contributed by atoms with Crippen LogP contribution in [-0.2, 0) is 23.8 Å². The summed E-state index contributed by atoms with van der Waals surface area (Å²) in [6, 6.07) is -1.04. The molecule has 1 heterocycles. The van der Waals surface area contributed by atoms with Gasteiger partial charge in [-0.15, -0.1) is 0 Å². The summed E-state index contributed by atoms with van der Waals surface area (Å²) in [5, 5.41) is 57.3. The molecule has 1 rings (SSSR count). The van der Waals surface area contributed by atoms with Crippen LogP contribution in [0.3, 0.4) is 0 Å². The third-order valence-corrected chi connectivity index (χ3v) is 16.6. The summed E-state index contributed by atoms with van der Waals surface area (Å²) >= 11 is 0. The molecule has 1 aliphatic rings. The number of nitrogens with one attached hydrogen (secondary N) is 1. The van der Waals surface area contributed by atoms with E-state index in [0.29, 0.717) is 12.8 Å². The summed E-state index contributed by atoms with van der Waals surface area (Å²) in [7, 11) is 0. The number of carbonyl (C=O) groups is 2. The van der Waals surface area contributed by atoms with Crippen molar-refractivity contribution in [3.63, 3.8) is 0 Å². The van der Waals surface area contributed by atoms with Gasteiger partial charge in [0.05, 0.1) is 25.4 Å². The summed E-state index contributed by atoms with van der Waals surface area (Å²) in [5.41, 5.74) is 0. The highest BCUT2D eigenvalue weighted by Gasteiger charge is 2.47. The average Bonchev–Trinajstić information content (AvgIpc) is 1.11. The second kappa shape index (κ2) is 65.1. The van der Waals surface area contributed by atoms with Crippen LogP contribution in [0.15, 0.2) is 122 Å². The lowest BCUT2D eigenvalue weighted by Gasteiger charge is -2.41. The number of hydrogen-bond donors (Lipinski definition) is 6. The highest BCUT2D eigenvalue weighted by Crippen LogP contribution is 2.26. The van der Waals surface area contributed by atoms with Crippen LogP contribution in [0, 0.1) is 0 Å². The zero-order valence-electron chi connectivity index (χ0n) is 57.5. The lowest BCUT2D eigenvalue weighted by atomic mass is 9.99. The van der Waals surface area contributed by atoms with E-state index in [4.69, 9.17) is 14.2 Å². The van der Waals surface area contributed by atoms with Gasteiger partial charge in [0, 0.05) is 6.42 Å². The molecular weight excluding hydrogens is 1120 g/mol. The summed E-state index contributed by atoms with van der Waals surface area (Å²) in [5.74, 6) is -1.21. The Hall–Kier alpha value is -3.94. The van der Waals surface area contributed by atoms with E-state index in [1.165, 1.54) is 116 Å². The lowest BCUT2D eigenvalue weighted by Crippen LogP contribution is -2.61. The van der Waals surface area contributed by atoms with Gasteiger partial charge in [-0.2, -0.15) is 0 Å². The zero-order chi connectivity index (χ0) is 65.3. The van der Waals surface area contributed by atoms with Gasteiger partial charge in [-0.05, 0) is 116 Å². The minimum absolute atomic E-state index is 0.113. The Morgan fingerprint density at radius 2 is 0.800 bits per heavy atom. The van der Waals surface area contributed by atoms with Crippen molar-refractivity contribution in [2.75, 3.05) is 13.2 Å². The van der Waals surface area contributed by atoms with E-state index in [9.17, 15) is 35.1 Å². The number of amides is 1. The molecule has 8 unspecified atom stereocenters. The number of rotatable bonds is 62. The summed E-state index contributed by atoms with van der Waals surface area (Å²) in [4.78, 5) is 26.7. The van der Waals surface area contributed by atoms with Crippen LogP contribution in [0.25, 0.3) is 0 Å². The van der Waals surface area contributed by atoms with Gasteiger partial charge in [0.25, 0.3) is 0 Å². The predicted molar refractivity (Wildman–Crippen MR) is 379 cm³/mol. The van der Waals surface area contributed by atoms with E-state index in [-0.39, 0.29) is 19.4 Å². The van der Waals surface area contributed by atoms with Gasteiger partial charge in [-0.25, -0.2) is 0 Å². The largest absolute Gasteiger partial charge is 0.454 e. The maximum atomic E-state index is 13.5. The number of esters is 1. The Morgan fingerprint density at radius 3 is 1.22 bits per heavy atom. The van der Waals surface area contributed by atoms with Crippen molar-refractivity contribution in [3.05, 3.63) is 122 Å². The van der Waals surface area contributed by atoms with Crippen molar-refractivity contribution in [1.82, 2.24) is 5.32 Å². The van der Waals surface area contributed by atoms with Crippen LogP contribution in [0.1, 0.15) is 303 Å². The quantitative estimate of drug-likeness (QED) is 0.0195. The van der Waals surface area contributed by atoms with Crippen LogP contribution in [-0.4, -0.2) is 99.6 Å². The molecule has 516 valence electrons. The molecule has 90 heavy (non-hydrogen) atoms. The fraction of sp³-hybridized carbons (Fsp3) is 0.722. The molecule has 6 N–H and O–H groups in total. The van der Waals surface area contributed by atoms with Crippen molar-refractivity contribution >= 4 is 11.9 Å². The second-order valence-electron chi connectivity index (χ2n) is 24.9. The molecule has 0 saturated carbocycles. The number of allylic oxidation sites excluding steroid dienone is 19. The van der Waals surface area contributed by atoms with Gasteiger partial charge in [0.2, 0.25) is 5.91 Å². The van der Waals surface area contributed by atoms with Crippen LogP contribution in [0.5, 0.6) is 0 Å². The first-order chi connectivity index (χ1) is 44.2. The smallest absolute Gasteiger partial charge is 0.306 e. The van der Waals surface area contributed by atoms with E-state index in [1.54, 1.807) is 6.08 Å². The van der Waals surface area contributed by atoms with E-state index in [1.807, 2.05) is 6.08 Å². The number of aliphatic hydroxyl groups is 5. The van der Waals surface area contributed by atoms with Gasteiger partial charge in [-0.3, -0.25) is 9.59 Å². The third kappa shape index (κ3) is 51.6. The molecule has 0 aromatic carbocycles. The topological polar surface area (TPSA) is 175 Å². The first-order valence-electron chi connectivity index (χ1n) is 36.8. The molecule has 0 aliphatic carbocycles. The molecule has 0 aromatic heterocycles. The van der Waals surface area contributed by atoms with E-state index in [2.05, 4.69) is 135 Å². The van der Waals surface area contributed by atoms with Crippen LogP contribution in [0.2, 0.25) is 0 Å². The van der Waals surface area contributed by atoms with Crippen molar-refractivity contribution in [1.29, 1.82) is 0 Å². The normalized spacial score (nSPS) is 18.8. The standard InChI is InChI=1S/C79H135NO10/c1-4-7-10-13-16-19-22-25-27-29-31-33-35-36-37-39-40-42-44-46-48-51-54-57-60-63-66-72(83)78(87)80-70(71(82)65-62-59-56-53-50-24-21-18-15-12-9-6-3)69-88-79-77(76(86)75(85)73(68-81)89-79)90-74(84)67-64-61-58-55-52-49-47-45-43-41-38-34-32-30-28-26-23-20-17-14-11-8-5-2/h7,10,16-17,19-20,25-28,31-34,36-37,40,42,62,65,70-73,75-77,79,81-83,85-86H,4-6,8-9,11-15,18,21-24,29-30,35,38-39,41,43-61,63-64,66-69H2,1-3H3,(H,80,87)/b10-7-,19-16-,20-17-,27-25-,28-26-,33-31-,34-32-,37-36-,42-40-,65-62+. The van der Waals surface area contributed by atoms with Crippen LogP contribution >= 0.6 is 0 Å². The molecular formula is C79H135NO10. The minimum Gasteiger partial charge on any atom is -0.454 e. The number of aliphatic hydroxyl groups excluding tert-OH is 5. The number of hydrogen-bond acceptors (Lipinski definition) is 10. The van der Waals surface area contributed by atoms with E-state index >= 15 is 0 Å². The Bertz CT molecular complexity index is 1930. The third-order valence-electron chi connectivity index (χ3n) is 16.6. The van der Waals surface area contributed by atoms with Gasteiger partial charge in [-0.1, -0.05) is 303 Å². The predicted octanol–water partition coefficient (Wildman–Crippen LogP) is 19.3. The number of carbonyl (C=O) groups excluding carboxylic acids is 2. The molecule has 0 aromatic rings. The highest BCUT2D eigenvalue weighted by atomic mass is 16.7. The van der Waals surface area contributed by atoms with Gasteiger partial charge in [0.15, 0.2) is 12.4 Å². The van der Waals surface area contributed by atoms with E-state index < -0.39 is 67.4 Å². The molecule has 1 amide bonds. The first-order valence-corrected chi connectivity index (χ1v) is 36.8. The second-order valence-corrected chi connectivity index (χ2v) is 24.9. The SMILES string of the molecule is CC/C=C\C/C=C\C/C=C\C/C=C\C/C=C\C/C=C\CCCCCCCCCC(O)C(=O)NC(COC1OC(CO)C(O)C(O)C1OC(=O)CCCCCCCCCCCC/C=C\C/C=C\C/C=C\CCCCC)C(O)/C=C/CCCCCCCCCCCC. The fourth-order valence-corrected chi connectivity index (χ4v) is 10.8. The Kier molecular flexibility index (Phi) is 60.8. The van der Waals surface area contributed by atoms with Gasteiger partial charge >= 0.3 is 5.97 Å². The summed E-state index contributed by atoms with van der Waals surface area (Å²) < 4.78 is 17.7. The number of ether oxygens (including phenoxy) is 3. The van der Waals surface area contributed by atoms with E-state index in [0.717, 1.165) is 141 Å². The molecule has 0 spiro atoms. The first kappa shape index (κ1) is 84.1. The van der Waals surface area contributed by atoms with Crippen LogP contribution in [0.4, 0.5) is 0 Å². The maximum absolute atomic E-state index is 13.5. The van der Waals surface area contributed by atoms with Crippen molar-refractivity contribution in [2.24, 2.45) is 0 Å². The molecule has 1 aliphatic heterocycles. The Balaban J connectivity index is 2.57. The Labute approximate surface area is 550 Å². The zero-order valence-corrected chi connectivity index (χ0v) is 57.5. The van der Waals surface area contributed by atoms with Gasteiger partial charge < -0.3 is 45.1 Å².